The van der Waals surface area contributed by atoms with E-state index in [9.17, 15) is 13.2 Å². The molecule has 0 aliphatic heterocycles. The fraction of sp³-hybridized carbons (Fsp3) is 0.143. The van der Waals surface area contributed by atoms with Crippen molar-refractivity contribution < 1.29 is 13.2 Å². The Labute approximate surface area is 164 Å². The van der Waals surface area contributed by atoms with Crippen LogP contribution in [0.5, 0.6) is 0 Å². The minimum Gasteiger partial charge on any atom is -0.348 e. The maximum absolute atomic E-state index is 12.7. The molecule has 6 nitrogen and oxygen atoms in total. The maximum Gasteiger partial charge on any atom is 0.261 e. The summed E-state index contributed by atoms with van der Waals surface area (Å²) in [6, 6.07) is 15.0. The Kier molecular flexibility index (Phi) is 5.75. The van der Waals surface area contributed by atoms with E-state index in [1.165, 1.54) is 12.1 Å². The van der Waals surface area contributed by atoms with Gasteiger partial charge >= 0.3 is 0 Å². The third-order valence-corrected chi connectivity index (χ3v) is 5.46. The van der Waals surface area contributed by atoms with Crippen molar-refractivity contribution in [3.63, 3.8) is 0 Å². The molecule has 144 valence electrons. The second kappa shape index (κ2) is 8.22. The van der Waals surface area contributed by atoms with E-state index in [0.29, 0.717) is 12.2 Å². The van der Waals surface area contributed by atoms with Gasteiger partial charge in [0, 0.05) is 30.2 Å². The zero-order valence-corrected chi connectivity index (χ0v) is 16.5. The van der Waals surface area contributed by atoms with Gasteiger partial charge in [-0.1, -0.05) is 12.1 Å². The lowest BCUT2D eigenvalue weighted by Crippen LogP contribution is -2.23. The van der Waals surface area contributed by atoms with Crippen molar-refractivity contribution in [2.24, 2.45) is 0 Å². The number of nitrogens with zero attached hydrogens (tertiary/aromatic N) is 1. The van der Waals surface area contributed by atoms with Gasteiger partial charge in [-0.15, -0.1) is 0 Å². The molecule has 7 heteroatoms. The van der Waals surface area contributed by atoms with Gasteiger partial charge in [-0.2, -0.15) is 0 Å². The van der Waals surface area contributed by atoms with Crippen LogP contribution in [0.3, 0.4) is 0 Å². The number of anilines is 1. The van der Waals surface area contributed by atoms with Gasteiger partial charge in [0.25, 0.3) is 15.9 Å². The Morgan fingerprint density at radius 1 is 0.964 bits per heavy atom. The molecule has 0 atom stereocenters. The summed E-state index contributed by atoms with van der Waals surface area (Å²) in [5, 5.41) is 2.78. The van der Waals surface area contributed by atoms with Gasteiger partial charge in [0.2, 0.25) is 0 Å². The minimum atomic E-state index is -3.81. The highest BCUT2D eigenvalue weighted by molar-refractivity contribution is 7.92. The first kappa shape index (κ1) is 19.6. The van der Waals surface area contributed by atoms with Crippen LogP contribution < -0.4 is 10.0 Å². The highest BCUT2D eigenvalue weighted by atomic mass is 32.2. The number of benzene rings is 2. The average molecular weight is 395 g/mol. The number of rotatable bonds is 6. The van der Waals surface area contributed by atoms with Crippen LogP contribution in [-0.2, 0) is 16.6 Å². The normalized spacial score (nSPS) is 11.1. The molecule has 0 spiro atoms. The lowest BCUT2D eigenvalue weighted by atomic mass is 10.1. The van der Waals surface area contributed by atoms with Crippen LogP contribution in [0.15, 0.2) is 71.9 Å². The second-order valence-corrected chi connectivity index (χ2v) is 8.23. The minimum absolute atomic E-state index is 0.0308. The van der Waals surface area contributed by atoms with E-state index in [2.05, 4.69) is 15.0 Å². The van der Waals surface area contributed by atoms with Crippen molar-refractivity contribution in [1.82, 2.24) is 10.3 Å². The van der Waals surface area contributed by atoms with Crippen LogP contribution in [-0.4, -0.2) is 19.3 Å². The van der Waals surface area contributed by atoms with E-state index >= 15 is 0 Å². The first-order valence-corrected chi connectivity index (χ1v) is 10.2. The van der Waals surface area contributed by atoms with E-state index in [1.807, 2.05) is 19.9 Å². The molecular formula is C21H21N3O3S. The summed E-state index contributed by atoms with van der Waals surface area (Å²) in [5.41, 5.74) is 3.59. The van der Waals surface area contributed by atoms with Crippen LogP contribution >= 0.6 is 0 Å². The van der Waals surface area contributed by atoms with Crippen LogP contribution in [0, 0.1) is 13.8 Å². The predicted octanol–water partition coefficient (Wildman–Crippen LogP) is 3.43. The van der Waals surface area contributed by atoms with Crippen molar-refractivity contribution in [2.45, 2.75) is 25.3 Å². The molecule has 3 rings (SSSR count). The van der Waals surface area contributed by atoms with Crippen LogP contribution in [0.25, 0.3) is 0 Å². The van der Waals surface area contributed by atoms with Gasteiger partial charge in [0.1, 0.15) is 0 Å². The summed E-state index contributed by atoms with van der Waals surface area (Å²) in [6.07, 6.45) is 3.29. The molecule has 3 aromatic rings. The molecule has 0 radical (unpaired) electrons. The topological polar surface area (TPSA) is 88.2 Å². The third-order valence-electron chi connectivity index (χ3n) is 4.08. The molecule has 1 amide bonds. The zero-order chi connectivity index (χ0) is 20.1. The third kappa shape index (κ3) is 4.95. The van der Waals surface area contributed by atoms with Gasteiger partial charge < -0.3 is 5.32 Å². The number of aromatic nitrogens is 1. The number of nitrogens with one attached hydrogen (secondary N) is 2. The van der Waals surface area contributed by atoms with E-state index < -0.39 is 10.0 Å². The number of hydrogen-bond donors (Lipinski definition) is 2. The first-order valence-electron chi connectivity index (χ1n) is 8.72. The predicted molar refractivity (Wildman–Crippen MR) is 109 cm³/mol. The molecule has 1 heterocycles. The van der Waals surface area contributed by atoms with E-state index in [-0.39, 0.29) is 16.4 Å². The Hall–Kier alpha value is -3.19. The monoisotopic (exact) mass is 395 g/mol. The second-order valence-electron chi connectivity index (χ2n) is 6.55. The van der Waals surface area contributed by atoms with Gasteiger partial charge in [-0.3, -0.25) is 14.5 Å². The van der Waals surface area contributed by atoms with Crippen molar-refractivity contribution in [2.75, 3.05) is 4.72 Å². The number of carbonyl (C=O) groups is 1. The Morgan fingerprint density at radius 3 is 2.32 bits per heavy atom. The summed E-state index contributed by atoms with van der Waals surface area (Å²) in [6.45, 7) is 4.14. The van der Waals surface area contributed by atoms with Crippen molar-refractivity contribution >= 4 is 21.6 Å². The number of aryl methyl sites for hydroxylation is 2. The summed E-state index contributed by atoms with van der Waals surface area (Å²) in [5.74, 6) is -0.347. The molecular weight excluding hydrogens is 374 g/mol. The molecule has 28 heavy (non-hydrogen) atoms. The standard InChI is InChI=1S/C21H21N3O3S/c1-15-10-16(2)12-19(11-15)24-28(26,27)20-5-3-4-18(13-20)21(25)23-14-17-6-8-22-9-7-17/h3-13,24H,14H2,1-2H3,(H,23,25). The SMILES string of the molecule is Cc1cc(C)cc(NS(=O)(=O)c2cccc(C(=O)NCc3ccncc3)c2)c1. The number of hydrogen-bond acceptors (Lipinski definition) is 4. The summed E-state index contributed by atoms with van der Waals surface area (Å²) >= 11 is 0. The lowest BCUT2D eigenvalue weighted by molar-refractivity contribution is 0.0950. The smallest absolute Gasteiger partial charge is 0.261 e. The van der Waals surface area contributed by atoms with Crippen molar-refractivity contribution in [1.29, 1.82) is 0 Å². The first-order chi connectivity index (χ1) is 13.3. The molecule has 0 aliphatic carbocycles. The molecule has 0 unspecified atom stereocenters. The van der Waals surface area contributed by atoms with Crippen molar-refractivity contribution in [3.05, 3.63) is 89.2 Å². The van der Waals surface area contributed by atoms with E-state index in [1.54, 1.807) is 48.8 Å². The Morgan fingerprint density at radius 2 is 1.64 bits per heavy atom. The molecule has 0 fully saturated rings. The molecule has 0 bridgehead atoms. The number of pyridine rings is 1. The van der Waals surface area contributed by atoms with Crippen LogP contribution in [0.1, 0.15) is 27.0 Å². The molecule has 0 aliphatic rings. The highest BCUT2D eigenvalue weighted by Crippen LogP contribution is 2.20. The molecule has 1 aromatic heterocycles. The molecule has 0 saturated heterocycles. The summed E-state index contributed by atoms with van der Waals surface area (Å²) in [4.78, 5) is 16.4. The lowest BCUT2D eigenvalue weighted by Gasteiger charge is -2.11. The maximum atomic E-state index is 12.7. The van der Waals surface area contributed by atoms with Crippen LogP contribution in [0.4, 0.5) is 5.69 Å². The van der Waals surface area contributed by atoms with Gasteiger partial charge in [0.05, 0.1) is 4.90 Å². The van der Waals surface area contributed by atoms with Crippen molar-refractivity contribution in [3.8, 4) is 0 Å². The fourth-order valence-corrected chi connectivity index (χ4v) is 3.92. The Balaban J connectivity index is 1.76. The van der Waals surface area contributed by atoms with Gasteiger partial charge in [0.15, 0.2) is 0 Å². The summed E-state index contributed by atoms with van der Waals surface area (Å²) in [7, 11) is -3.81. The largest absolute Gasteiger partial charge is 0.348 e. The number of sulfonamides is 1. The van der Waals surface area contributed by atoms with E-state index in [4.69, 9.17) is 0 Å². The average Bonchev–Trinajstić information content (AvgIpc) is 2.66. The Bertz CT molecular complexity index is 1080. The quantitative estimate of drug-likeness (QED) is 0.669. The van der Waals surface area contributed by atoms with E-state index in [0.717, 1.165) is 16.7 Å². The number of carbonyl (C=O) groups excluding carboxylic acids is 1. The summed E-state index contributed by atoms with van der Waals surface area (Å²) < 4.78 is 28.0. The fourth-order valence-electron chi connectivity index (χ4n) is 2.84. The zero-order valence-electron chi connectivity index (χ0n) is 15.6. The highest BCUT2D eigenvalue weighted by Gasteiger charge is 2.17. The molecule has 0 saturated carbocycles. The molecule has 2 aromatic carbocycles. The van der Waals surface area contributed by atoms with Crippen LogP contribution in [0.2, 0.25) is 0 Å². The molecule has 2 N–H and O–H groups in total. The number of amides is 1. The van der Waals surface area contributed by atoms with Gasteiger partial charge in [-0.05, 0) is 73.0 Å². The van der Waals surface area contributed by atoms with Gasteiger partial charge in [-0.25, -0.2) is 8.42 Å².